The van der Waals surface area contributed by atoms with Crippen molar-refractivity contribution >= 4 is 23.2 Å². The largest absolute Gasteiger partial charge is 0.465 e. The van der Waals surface area contributed by atoms with E-state index in [1.807, 2.05) is 0 Å². The first-order chi connectivity index (χ1) is 10.1. The smallest absolute Gasteiger partial charge is 0.325 e. The van der Waals surface area contributed by atoms with Crippen LogP contribution in [0.25, 0.3) is 0 Å². The normalized spacial score (nSPS) is 10.4. The van der Waals surface area contributed by atoms with Crippen LogP contribution < -0.4 is 5.73 Å². The number of hydrogen-bond acceptors (Lipinski definition) is 7. The van der Waals surface area contributed by atoms with Gasteiger partial charge in [0, 0.05) is 25.5 Å². The van der Waals surface area contributed by atoms with E-state index < -0.39 is 5.97 Å². The van der Waals surface area contributed by atoms with E-state index in [2.05, 4.69) is 4.98 Å². The molecule has 2 N–H and O–H groups in total. The average Bonchev–Trinajstić information content (AvgIpc) is 2.92. The Morgan fingerprint density at radius 1 is 1.48 bits per heavy atom. The molecule has 0 aliphatic rings. The van der Waals surface area contributed by atoms with Gasteiger partial charge in [0.25, 0.3) is 5.91 Å². The Bertz CT molecular complexity index is 464. The second kappa shape index (κ2) is 9.43. The lowest BCUT2D eigenvalue weighted by Gasteiger charge is -2.20. The van der Waals surface area contributed by atoms with Gasteiger partial charge >= 0.3 is 5.97 Å². The Labute approximate surface area is 128 Å². The molecule has 1 rings (SSSR count). The van der Waals surface area contributed by atoms with Crippen molar-refractivity contribution in [2.45, 2.75) is 13.3 Å². The Balaban J connectivity index is 2.74. The maximum Gasteiger partial charge on any atom is 0.325 e. The van der Waals surface area contributed by atoms with Gasteiger partial charge in [0.1, 0.15) is 12.2 Å². The highest BCUT2D eigenvalue weighted by Crippen LogP contribution is 2.12. The topological polar surface area (TPSA) is 94.8 Å². The number of rotatable bonds is 9. The summed E-state index contributed by atoms with van der Waals surface area (Å²) in [5, 5.41) is 2.49. The van der Waals surface area contributed by atoms with Crippen LogP contribution >= 0.6 is 11.3 Å². The second-order valence-corrected chi connectivity index (χ2v) is 5.13. The molecule has 1 heterocycles. The van der Waals surface area contributed by atoms with Gasteiger partial charge in [0.2, 0.25) is 0 Å². The van der Waals surface area contributed by atoms with Gasteiger partial charge in [-0.15, -0.1) is 11.3 Å². The molecule has 0 saturated heterocycles. The first kappa shape index (κ1) is 17.5. The number of nitrogens with two attached hydrogens (primary N) is 1. The van der Waals surface area contributed by atoms with Crippen LogP contribution in [0, 0.1) is 0 Å². The molecular formula is C13H21N3O4S. The fraction of sp³-hybridized carbons (Fsp3) is 0.615. The maximum atomic E-state index is 12.4. The standard InChI is InChI=1S/C13H21N3O4S/c1-3-20-12(17)8-16(6-7-19-2)13(18)10-9-21-11(15-10)4-5-14/h9H,3-8,14H2,1-2H3. The molecule has 0 aliphatic carbocycles. The number of hydrogen-bond donors (Lipinski definition) is 1. The molecule has 0 radical (unpaired) electrons. The minimum atomic E-state index is -0.445. The van der Waals surface area contributed by atoms with Gasteiger partial charge in [0.05, 0.1) is 18.2 Å². The summed E-state index contributed by atoms with van der Waals surface area (Å²) in [7, 11) is 1.54. The summed E-state index contributed by atoms with van der Waals surface area (Å²) in [6.45, 7) is 3.02. The van der Waals surface area contributed by atoms with Crippen LogP contribution in [0.5, 0.6) is 0 Å². The van der Waals surface area contributed by atoms with E-state index in [1.54, 1.807) is 12.3 Å². The Hall–Kier alpha value is -1.51. The van der Waals surface area contributed by atoms with Gasteiger partial charge in [-0.2, -0.15) is 0 Å². The summed E-state index contributed by atoms with van der Waals surface area (Å²) >= 11 is 1.39. The lowest BCUT2D eigenvalue weighted by molar-refractivity contribution is -0.143. The lowest BCUT2D eigenvalue weighted by Crippen LogP contribution is -2.38. The van der Waals surface area contributed by atoms with Gasteiger partial charge in [0.15, 0.2) is 0 Å². The Kier molecular flexibility index (Phi) is 7.88. The third-order valence-electron chi connectivity index (χ3n) is 2.61. The third kappa shape index (κ3) is 5.78. The van der Waals surface area contributed by atoms with Crippen molar-refractivity contribution in [1.29, 1.82) is 0 Å². The number of carbonyl (C=O) groups is 2. The molecule has 0 atom stereocenters. The van der Waals surface area contributed by atoms with Crippen LogP contribution in [0.15, 0.2) is 5.38 Å². The quantitative estimate of drug-likeness (QED) is 0.658. The van der Waals surface area contributed by atoms with Crippen LogP contribution in [0.3, 0.4) is 0 Å². The van der Waals surface area contributed by atoms with Gasteiger partial charge < -0.3 is 20.1 Å². The van der Waals surface area contributed by atoms with E-state index in [0.717, 1.165) is 5.01 Å². The molecule has 0 aliphatic heterocycles. The first-order valence-corrected chi connectivity index (χ1v) is 7.58. The Morgan fingerprint density at radius 3 is 2.86 bits per heavy atom. The van der Waals surface area contributed by atoms with Crippen LogP contribution in [0.1, 0.15) is 22.4 Å². The molecule has 1 aromatic heterocycles. The Morgan fingerprint density at radius 2 is 2.24 bits per heavy atom. The van der Waals surface area contributed by atoms with Crippen molar-refractivity contribution in [2.24, 2.45) is 5.73 Å². The molecule has 0 aromatic carbocycles. The number of nitrogens with zero attached hydrogens (tertiary/aromatic N) is 2. The zero-order chi connectivity index (χ0) is 15.7. The van der Waals surface area contributed by atoms with Gasteiger partial charge in [-0.25, -0.2) is 4.98 Å². The predicted molar refractivity (Wildman–Crippen MR) is 79.3 cm³/mol. The summed E-state index contributed by atoms with van der Waals surface area (Å²) in [6, 6.07) is 0. The number of methoxy groups -OCH3 is 1. The first-order valence-electron chi connectivity index (χ1n) is 6.70. The molecule has 0 saturated carbocycles. The zero-order valence-corrected chi connectivity index (χ0v) is 13.1. The molecular weight excluding hydrogens is 294 g/mol. The van der Waals surface area contributed by atoms with Crippen LogP contribution in [-0.2, 0) is 20.7 Å². The van der Waals surface area contributed by atoms with E-state index in [9.17, 15) is 9.59 Å². The lowest BCUT2D eigenvalue weighted by atomic mass is 10.3. The molecule has 0 fully saturated rings. The van der Waals surface area contributed by atoms with Crippen molar-refractivity contribution in [1.82, 2.24) is 9.88 Å². The van der Waals surface area contributed by atoms with Gasteiger partial charge in [-0.05, 0) is 13.5 Å². The average molecular weight is 315 g/mol. The number of esters is 1. The van der Waals surface area contributed by atoms with Gasteiger partial charge in [-0.3, -0.25) is 9.59 Å². The van der Waals surface area contributed by atoms with E-state index in [4.69, 9.17) is 15.2 Å². The van der Waals surface area contributed by atoms with E-state index in [1.165, 1.54) is 23.3 Å². The van der Waals surface area contributed by atoms with Crippen LogP contribution in [0.2, 0.25) is 0 Å². The molecule has 8 heteroatoms. The minimum Gasteiger partial charge on any atom is -0.465 e. The van der Waals surface area contributed by atoms with Crippen LogP contribution in [0.4, 0.5) is 0 Å². The zero-order valence-electron chi connectivity index (χ0n) is 12.3. The molecule has 1 amide bonds. The molecule has 21 heavy (non-hydrogen) atoms. The molecule has 7 nitrogen and oxygen atoms in total. The molecule has 0 spiro atoms. The molecule has 118 valence electrons. The fourth-order valence-corrected chi connectivity index (χ4v) is 2.41. The second-order valence-electron chi connectivity index (χ2n) is 4.19. The minimum absolute atomic E-state index is 0.111. The number of thiazole rings is 1. The summed E-state index contributed by atoms with van der Waals surface area (Å²) in [5.41, 5.74) is 5.79. The summed E-state index contributed by atoms with van der Waals surface area (Å²) in [4.78, 5) is 29.6. The van der Waals surface area contributed by atoms with E-state index in [0.29, 0.717) is 31.8 Å². The predicted octanol–water partition coefficient (Wildman–Crippen LogP) is 0.296. The van der Waals surface area contributed by atoms with Crippen molar-refractivity contribution < 1.29 is 19.1 Å². The van der Waals surface area contributed by atoms with Crippen molar-refractivity contribution in [3.8, 4) is 0 Å². The van der Waals surface area contributed by atoms with Gasteiger partial charge in [-0.1, -0.05) is 0 Å². The summed E-state index contributed by atoms with van der Waals surface area (Å²) < 4.78 is 9.84. The van der Waals surface area contributed by atoms with Crippen molar-refractivity contribution in [3.63, 3.8) is 0 Å². The number of carbonyl (C=O) groups excluding carboxylic acids is 2. The molecule has 0 bridgehead atoms. The van der Waals surface area contributed by atoms with Crippen molar-refractivity contribution in [2.75, 3.05) is 40.0 Å². The third-order valence-corrected chi connectivity index (χ3v) is 3.52. The van der Waals surface area contributed by atoms with Crippen molar-refractivity contribution in [3.05, 3.63) is 16.1 Å². The number of ether oxygens (including phenoxy) is 2. The van der Waals surface area contributed by atoms with E-state index in [-0.39, 0.29) is 19.1 Å². The monoisotopic (exact) mass is 315 g/mol. The maximum absolute atomic E-state index is 12.4. The summed E-state index contributed by atoms with van der Waals surface area (Å²) in [6.07, 6.45) is 0.633. The number of amides is 1. The fourth-order valence-electron chi connectivity index (χ4n) is 1.63. The molecule has 1 aromatic rings. The summed E-state index contributed by atoms with van der Waals surface area (Å²) in [5.74, 6) is -0.751. The number of aromatic nitrogens is 1. The SMILES string of the molecule is CCOC(=O)CN(CCOC)C(=O)c1csc(CCN)n1. The highest BCUT2D eigenvalue weighted by molar-refractivity contribution is 7.09. The highest BCUT2D eigenvalue weighted by Gasteiger charge is 2.21. The highest BCUT2D eigenvalue weighted by atomic mass is 32.1. The van der Waals surface area contributed by atoms with E-state index >= 15 is 0 Å². The van der Waals surface area contributed by atoms with Crippen LogP contribution in [-0.4, -0.2) is 61.7 Å². The molecule has 0 unspecified atom stereocenters.